The third kappa shape index (κ3) is 6.52. The molecule has 5 nitrogen and oxygen atoms in total. The summed E-state index contributed by atoms with van der Waals surface area (Å²) >= 11 is 17.2. The van der Waals surface area contributed by atoms with Gasteiger partial charge in [0.05, 0.1) is 21.8 Å². The van der Waals surface area contributed by atoms with Crippen LogP contribution in [0.5, 0.6) is 0 Å². The average Bonchev–Trinajstić information content (AvgIpc) is 2.74. The van der Waals surface area contributed by atoms with Gasteiger partial charge in [-0.3, -0.25) is 14.9 Å². The topological polar surface area (TPSA) is 70.2 Å². The van der Waals surface area contributed by atoms with E-state index in [1.165, 1.54) is 12.1 Å². The maximum absolute atomic E-state index is 12.6. The van der Waals surface area contributed by atoms with Crippen molar-refractivity contribution < 1.29 is 9.59 Å². The van der Waals surface area contributed by atoms with Crippen molar-refractivity contribution in [3.8, 4) is 0 Å². The van der Waals surface area contributed by atoms with E-state index >= 15 is 0 Å². The first-order valence-electron chi connectivity index (χ1n) is 9.42. The first-order chi connectivity index (χ1) is 14.9. The Morgan fingerprint density at radius 3 is 2.29 bits per heavy atom. The predicted molar refractivity (Wildman–Crippen MR) is 129 cm³/mol. The summed E-state index contributed by atoms with van der Waals surface area (Å²) in [4.78, 5) is 25.1. The van der Waals surface area contributed by atoms with E-state index in [0.29, 0.717) is 22.8 Å². The minimum atomic E-state index is -0.482. The SMILES string of the molecule is O=C(NC(=S)Nc1ccccc1C(=O)NCCc1ccccc1)c1ccc(Cl)cc1Cl. The van der Waals surface area contributed by atoms with Gasteiger partial charge in [0.25, 0.3) is 11.8 Å². The van der Waals surface area contributed by atoms with E-state index < -0.39 is 5.91 Å². The number of halogens is 2. The monoisotopic (exact) mass is 471 g/mol. The highest BCUT2D eigenvalue weighted by atomic mass is 35.5. The standard InChI is InChI=1S/C23H19Cl2N3O2S/c24-16-10-11-17(19(25)14-16)22(30)28-23(31)27-20-9-5-4-8-18(20)21(29)26-13-12-15-6-2-1-3-7-15/h1-11,14H,12-13H2,(H,26,29)(H2,27,28,30,31). The van der Waals surface area contributed by atoms with E-state index in [2.05, 4.69) is 16.0 Å². The normalized spacial score (nSPS) is 10.3. The molecular formula is C23H19Cl2N3O2S. The first-order valence-corrected chi connectivity index (χ1v) is 10.6. The van der Waals surface area contributed by atoms with Gasteiger partial charge in [0, 0.05) is 11.6 Å². The lowest BCUT2D eigenvalue weighted by molar-refractivity contribution is 0.0953. The molecule has 0 saturated carbocycles. The van der Waals surface area contributed by atoms with Gasteiger partial charge in [0.15, 0.2) is 5.11 Å². The number of hydrogen-bond donors (Lipinski definition) is 3. The average molecular weight is 472 g/mol. The van der Waals surface area contributed by atoms with E-state index in [9.17, 15) is 9.59 Å². The minimum Gasteiger partial charge on any atom is -0.352 e. The van der Waals surface area contributed by atoms with Crippen LogP contribution in [0.2, 0.25) is 10.0 Å². The molecule has 0 spiro atoms. The minimum absolute atomic E-state index is 0.0422. The molecule has 0 radical (unpaired) electrons. The fourth-order valence-corrected chi connectivity index (χ4v) is 3.54. The largest absolute Gasteiger partial charge is 0.352 e. The van der Waals surface area contributed by atoms with Gasteiger partial charge in [-0.2, -0.15) is 0 Å². The third-order valence-corrected chi connectivity index (χ3v) is 5.12. The van der Waals surface area contributed by atoms with Crippen molar-refractivity contribution in [2.75, 3.05) is 11.9 Å². The van der Waals surface area contributed by atoms with Crippen LogP contribution in [-0.2, 0) is 6.42 Å². The van der Waals surface area contributed by atoms with E-state index in [-0.39, 0.29) is 21.6 Å². The Kier molecular flexibility index (Phi) is 8.00. The van der Waals surface area contributed by atoms with Crippen LogP contribution < -0.4 is 16.0 Å². The fraction of sp³-hybridized carbons (Fsp3) is 0.0870. The molecule has 3 N–H and O–H groups in total. The number of rotatable bonds is 6. The number of nitrogens with one attached hydrogen (secondary N) is 3. The predicted octanol–water partition coefficient (Wildman–Crippen LogP) is 5.09. The van der Waals surface area contributed by atoms with Crippen LogP contribution in [0.25, 0.3) is 0 Å². The number of carbonyl (C=O) groups is 2. The molecule has 158 valence electrons. The third-order valence-electron chi connectivity index (χ3n) is 4.36. The lowest BCUT2D eigenvalue weighted by Crippen LogP contribution is -2.35. The summed E-state index contributed by atoms with van der Waals surface area (Å²) in [5, 5.41) is 9.04. The number of para-hydroxylation sites is 1. The zero-order chi connectivity index (χ0) is 22.2. The van der Waals surface area contributed by atoms with Gasteiger partial charge < -0.3 is 10.6 Å². The summed E-state index contributed by atoms with van der Waals surface area (Å²) in [5.74, 6) is -0.724. The van der Waals surface area contributed by atoms with E-state index in [1.807, 2.05) is 30.3 Å². The molecule has 0 heterocycles. The van der Waals surface area contributed by atoms with Gasteiger partial charge in [-0.15, -0.1) is 0 Å². The fourth-order valence-electron chi connectivity index (χ4n) is 2.85. The van der Waals surface area contributed by atoms with Crippen molar-refractivity contribution in [2.24, 2.45) is 0 Å². The van der Waals surface area contributed by atoms with Gasteiger partial charge in [-0.05, 0) is 54.5 Å². The molecule has 2 amide bonds. The Bertz CT molecular complexity index is 1110. The maximum atomic E-state index is 12.6. The second-order valence-electron chi connectivity index (χ2n) is 6.57. The van der Waals surface area contributed by atoms with Crippen molar-refractivity contribution in [2.45, 2.75) is 6.42 Å². The van der Waals surface area contributed by atoms with Crippen LogP contribution in [0.3, 0.4) is 0 Å². The number of thiocarbonyl (C=S) groups is 1. The summed E-state index contributed by atoms with van der Waals surface area (Å²) in [7, 11) is 0. The molecule has 0 saturated heterocycles. The van der Waals surface area contributed by atoms with Crippen LogP contribution in [0.4, 0.5) is 5.69 Å². The van der Waals surface area contributed by atoms with Gasteiger partial charge in [0.2, 0.25) is 0 Å². The summed E-state index contributed by atoms with van der Waals surface area (Å²) in [6.07, 6.45) is 0.721. The van der Waals surface area contributed by atoms with Gasteiger partial charge in [-0.1, -0.05) is 65.7 Å². The number of amides is 2. The van der Waals surface area contributed by atoms with Gasteiger partial charge >= 0.3 is 0 Å². The molecule has 3 rings (SSSR count). The molecule has 0 atom stereocenters. The molecule has 31 heavy (non-hydrogen) atoms. The van der Waals surface area contributed by atoms with Crippen molar-refractivity contribution in [1.29, 1.82) is 0 Å². The Morgan fingerprint density at radius 2 is 1.55 bits per heavy atom. The Balaban J connectivity index is 1.60. The molecule has 8 heteroatoms. The molecule has 0 aromatic heterocycles. The molecule has 0 aliphatic rings. The smallest absolute Gasteiger partial charge is 0.258 e. The second-order valence-corrected chi connectivity index (χ2v) is 7.82. The zero-order valence-corrected chi connectivity index (χ0v) is 18.7. The number of anilines is 1. The van der Waals surface area contributed by atoms with E-state index in [0.717, 1.165) is 12.0 Å². The molecule has 0 fully saturated rings. The maximum Gasteiger partial charge on any atom is 0.258 e. The molecule has 0 unspecified atom stereocenters. The van der Waals surface area contributed by atoms with Crippen LogP contribution in [0, 0.1) is 0 Å². The lowest BCUT2D eigenvalue weighted by atomic mass is 10.1. The van der Waals surface area contributed by atoms with E-state index in [1.54, 1.807) is 30.3 Å². The molecule has 0 aliphatic carbocycles. The van der Waals surface area contributed by atoms with Gasteiger partial charge in [-0.25, -0.2) is 0 Å². The Labute approximate surface area is 195 Å². The molecule has 3 aromatic carbocycles. The highest BCUT2D eigenvalue weighted by molar-refractivity contribution is 7.80. The molecule has 0 bridgehead atoms. The van der Waals surface area contributed by atoms with Crippen molar-refractivity contribution in [3.63, 3.8) is 0 Å². The number of benzene rings is 3. The molecule has 0 aliphatic heterocycles. The zero-order valence-electron chi connectivity index (χ0n) is 16.3. The lowest BCUT2D eigenvalue weighted by Gasteiger charge is -2.14. The number of hydrogen-bond acceptors (Lipinski definition) is 3. The van der Waals surface area contributed by atoms with E-state index in [4.69, 9.17) is 35.4 Å². The molecule has 3 aromatic rings. The number of carbonyl (C=O) groups excluding carboxylic acids is 2. The van der Waals surface area contributed by atoms with Crippen LogP contribution in [0.15, 0.2) is 72.8 Å². The summed E-state index contributed by atoms with van der Waals surface area (Å²) in [5.41, 5.74) is 2.27. The quantitative estimate of drug-likeness (QED) is 0.437. The van der Waals surface area contributed by atoms with Crippen molar-refractivity contribution >= 4 is 58.0 Å². The summed E-state index contributed by atoms with van der Waals surface area (Å²) < 4.78 is 0. The molecular weight excluding hydrogens is 453 g/mol. The summed E-state index contributed by atoms with van der Waals surface area (Å²) in [6, 6.07) is 21.4. The first kappa shape index (κ1) is 22.7. The van der Waals surface area contributed by atoms with Crippen molar-refractivity contribution in [1.82, 2.24) is 10.6 Å². The highest BCUT2D eigenvalue weighted by Gasteiger charge is 2.15. The van der Waals surface area contributed by atoms with Crippen LogP contribution in [-0.4, -0.2) is 23.5 Å². The Hall–Kier alpha value is -2.93. The van der Waals surface area contributed by atoms with Crippen LogP contribution in [0.1, 0.15) is 26.3 Å². The highest BCUT2D eigenvalue weighted by Crippen LogP contribution is 2.21. The second kappa shape index (κ2) is 10.9. The van der Waals surface area contributed by atoms with Gasteiger partial charge in [0.1, 0.15) is 0 Å². The van der Waals surface area contributed by atoms with Crippen LogP contribution >= 0.6 is 35.4 Å². The Morgan fingerprint density at radius 1 is 0.839 bits per heavy atom. The van der Waals surface area contributed by atoms with Crippen molar-refractivity contribution in [3.05, 3.63) is 99.5 Å². The summed E-state index contributed by atoms with van der Waals surface area (Å²) in [6.45, 7) is 0.493.